The van der Waals surface area contributed by atoms with Crippen molar-refractivity contribution < 1.29 is 13.9 Å². The summed E-state index contributed by atoms with van der Waals surface area (Å²) >= 11 is 0. The third-order valence-corrected chi connectivity index (χ3v) is 2.32. The van der Waals surface area contributed by atoms with Crippen LogP contribution >= 0.6 is 0 Å². The molecule has 0 radical (unpaired) electrons. The second-order valence-corrected chi connectivity index (χ2v) is 3.54. The molecule has 0 bridgehead atoms. The minimum absolute atomic E-state index is 0.260. The van der Waals surface area contributed by atoms with Crippen molar-refractivity contribution in [3.05, 3.63) is 29.6 Å². The van der Waals surface area contributed by atoms with Crippen molar-refractivity contribution in [1.29, 1.82) is 0 Å². The summed E-state index contributed by atoms with van der Waals surface area (Å²) in [5.41, 5.74) is 1.36. The first-order valence-corrected chi connectivity index (χ1v) is 5.37. The number of esters is 1. The molecule has 0 amide bonds. The quantitative estimate of drug-likeness (QED) is 0.551. The van der Waals surface area contributed by atoms with E-state index in [2.05, 4.69) is 9.72 Å². The Bertz CT molecular complexity index is 342. The van der Waals surface area contributed by atoms with Gasteiger partial charge in [0.15, 0.2) is 0 Å². The summed E-state index contributed by atoms with van der Waals surface area (Å²) in [6.45, 7) is -0.260. The summed E-state index contributed by atoms with van der Waals surface area (Å²) in [6.07, 6.45) is 4.83. The van der Waals surface area contributed by atoms with Crippen molar-refractivity contribution >= 4 is 5.97 Å². The third-order valence-electron chi connectivity index (χ3n) is 2.32. The lowest BCUT2D eigenvalue weighted by atomic mass is 10.1. The Kier molecular flexibility index (Phi) is 5.46. The average Bonchev–Trinajstić information content (AvgIpc) is 2.34. The summed E-state index contributed by atoms with van der Waals surface area (Å²) in [4.78, 5) is 15.1. The lowest BCUT2D eigenvalue weighted by molar-refractivity contribution is 0.0594. The number of alkyl halides is 1. The number of hydrogen-bond donors (Lipinski definition) is 0. The van der Waals surface area contributed by atoms with Gasteiger partial charge in [-0.15, -0.1) is 0 Å². The molecule has 1 rings (SSSR count). The maximum Gasteiger partial charge on any atom is 0.356 e. The van der Waals surface area contributed by atoms with Gasteiger partial charge < -0.3 is 4.74 Å². The van der Waals surface area contributed by atoms with E-state index < -0.39 is 5.97 Å². The summed E-state index contributed by atoms with van der Waals surface area (Å²) in [7, 11) is 1.33. The van der Waals surface area contributed by atoms with Gasteiger partial charge in [-0.25, -0.2) is 9.78 Å². The van der Waals surface area contributed by atoms with Crippen LogP contribution in [0.4, 0.5) is 4.39 Å². The molecule has 0 atom stereocenters. The predicted molar refractivity (Wildman–Crippen MR) is 59.1 cm³/mol. The van der Waals surface area contributed by atoms with Crippen LogP contribution in [0, 0.1) is 0 Å². The molecule has 0 aliphatic rings. The Morgan fingerprint density at radius 3 is 2.94 bits per heavy atom. The van der Waals surface area contributed by atoms with Crippen molar-refractivity contribution in [2.24, 2.45) is 0 Å². The molecule has 0 N–H and O–H groups in total. The normalized spacial score (nSPS) is 10.1. The van der Waals surface area contributed by atoms with Crippen LogP contribution in [-0.4, -0.2) is 24.7 Å². The Morgan fingerprint density at radius 1 is 1.44 bits per heavy atom. The smallest absolute Gasteiger partial charge is 0.356 e. The highest BCUT2D eigenvalue weighted by Crippen LogP contribution is 2.08. The molecular weight excluding hydrogens is 209 g/mol. The SMILES string of the molecule is COC(=O)c1cc(CCCCCF)ccn1. The van der Waals surface area contributed by atoms with E-state index in [4.69, 9.17) is 0 Å². The Labute approximate surface area is 94.6 Å². The molecule has 0 unspecified atom stereocenters. The van der Waals surface area contributed by atoms with Gasteiger partial charge in [0.25, 0.3) is 0 Å². The maximum absolute atomic E-state index is 11.9. The molecular formula is C12H16FNO2. The number of carbonyl (C=O) groups is 1. The largest absolute Gasteiger partial charge is 0.464 e. The van der Waals surface area contributed by atoms with E-state index in [1.54, 1.807) is 12.3 Å². The molecule has 0 aliphatic carbocycles. The number of rotatable bonds is 6. The Balaban J connectivity index is 2.50. The summed E-state index contributed by atoms with van der Waals surface area (Å²) in [5, 5.41) is 0. The van der Waals surface area contributed by atoms with Crippen LogP contribution in [0.25, 0.3) is 0 Å². The molecule has 88 valence electrons. The molecule has 0 aliphatic heterocycles. The zero-order valence-corrected chi connectivity index (χ0v) is 9.41. The lowest BCUT2D eigenvalue weighted by Crippen LogP contribution is -2.04. The molecule has 0 saturated heterocycles. The number of methoxy groups -OCH3 is 1. The van der Waals surface area contributed by atoms with E-state index in [9.17, 15) is 9.18 Å². The van der Waals surface area contributed by atoms with Crippen molar-refractivity contribution in [1.82, 2.24) is 4.98 Å². The van der Waals surface area contributed by atoms with Crippen LogP contribution in [0.2, 0.25) is 0 Å². The zero-order chi connectivity index (χ0) is 11.8. The van der Waals surface area contributed by atoms with Gasteiger partial charge in [-0.05, 0) is 37.0 Å². The van der Waals surface area contributed by atoms with Crippen molar-refractivity contribution in [3.8, 4) is 0 Å². The highest BCUT2D eigenvalue weighted by Gasteiger charge is 2.06. The number of unbranched alkanes of at least 4 members (excludes halogenated alkanes) is 2. The summed E-state index contributed by atoms with van der Waals surface area (Å²) in [6, 6.07) is 3.59. The molecule has 3 nitrogen and oxygen atoms in total. The topological polar surface area (TPSA) is 39.2 Å². The second kappa shape index (κ2) is 6.93. The van der Waals surface area contributed by atoms with E-state index in [1.165, 1.54) is 7.11 Å². The molecule has 16 heavy (non-hydrogen) atoms. The standard InChI is InChI=1S/C12H16FNO2/c1-16-12(15)11-9-10(6-8-14-11)5-3-2-4-7-13/h6,8-9H,2-5,7H2,1H3. The fourth-order valence-electron chi connectivity index (χ4n) is 1.45. The Morgan fingerprint density at radius 2 is 2.25 bits per heavy atom. The number of aromatic nitrogens is 1. The van der Waals surface area contributed by atoms with Crippen LogP contribution < -0.4 is 0 Å². The van der Waals surface area contributed by atoms with Crippen molar-refractivity contribution in [2.45, 2.75) is 25.7 Å². The molecule has 0 saturated carbocycles. The van der Waals surface area contributed by atoms with Crippen molar-refractivity contribution in [2.75, 3.05) is 13.8 Å². The van der Waals surface area contributed by atoms with Crippen molar-refractivity contribution in [3.63, 3.8) is 0 Å². The Hall–Kier alpha value is -1.45. The van der Waals surface area contributed by atoms with Gasteiger partial charge in [0.1, 0.15) is 5.69 Å². The molecule has 0 aromatic carbocycles. The molecule has 1 heterocycles. The van der Waals surface area contributed by atoms with Gasteiger partial charge in [-0.3, -0.25) is 4.39 Å². The van der Waals surface area contributed by atoms with Gasteiger partial charge in [-0.1, -0.05) is 6.42 Å². The summed E-state index contributed by atoms with van der Waals surface area (Å²) < 4.78 is 16.4. The van der Waals surface area contributed by atoms with Gasteiger partial charge >= 0.3 is 5.97 Å². The molecule has 0 fully saturated rings. The highest BCUT2D eigenvalue weighted by atomic mass is 19.1. The number of nitrogens with zero attached hydrogens (tertiary/aromatic N) is 1. The van der Waals surface area contributed by atoms with Crippen LogP contribution in [0.5, 0.6) is 0 Å². The first kappa shape index (κ1) is 12.6. The first-order chi connectivity index (χ1) is 7.77. The van der Waals surface area contributed by atoms with Crippen LogP contribution in [-0.2, 0) is 11.2 Å². The second-order valence-electron chi connectivity index (χ2n) is 3.54. The molecule has 0 spiro atoms. The van der Waals surface area contributed by atoms with Gasteiger partial charge in [0.2, 0.25) is 0 Å². The molecule has 4 heteroatoms. The predicted octanol–water partition coefficient (Wildman–Crippen LogP) is 2.55. The fourth-order valence-corrected chi connectivity index (χ4v) is 1.45. The number of ether oxygens (including phenoxy) is 1. The number of aryl methyl sites for hydroxylation is 1. The van der Waals surface area contributed by atoms with Gasteiger partial charge in [-0.2, -0.15) is 0 Å². The van der Waals surface area contributed by atoms with Crippen LogP contribution in [0.3, 0.4) is 0 Å². The summed E-state index contributed by atoms with van der Waals surface area (Å²) in [5.74, 6) is -0.425. The van der Waals surface area contributed by atoms with E-state index >= 15 is 0 Å². The van der Waals surface area contributed by atoms with Crippen LogP contribution in [0.15, 0.2) is 18.3 Å². The minimum Gasteiger partial charge on any atom is -0.464 e. The molecule has 1 aromatic heterocycles. The lowest BCUT2D eigenvalue weighted by Gasteiger charge is -2.02. The van der Waals surface area contributed by atoms with Crippen LogP contribution in [0.1, 0.15) is 35.3 Å². The van der Waals surface area contributed by atoms with Gasteiger partial charge in [0, 0.05) is 6.20 Å². The minimum atomic E-state index is -0.425. The highest BCUT2D eigenvalue weighted by molar-refractivity contribution is 5.87. The van der Waals surface area contributed by atoms with E-state index in [0.717, 1.165) is 24.8 Å². The number of hydrogen-bond acceptors (Lipinski definition) is 3. The van der Waals surface area contributed by atoms with E-state index in [1.807, 2.05) is 6.07 Å². The maximum atomic E-state index is 11.9. The number of carbonyl (C=O) groups excluding carboxylic acids is 1. The number of halogens is 1. The molecule has 1 aromatic rings. The first-order valence-electron chi connectivity index (χ1n) is 5.37. The van der Waals surface area contributed by atoms with Gasteiger partial charge in [0.05, 0.1) is 13.8 Å². The third kappa shape index (κ3) is 3.96. The van der Waals surface area contributed by atoms with E-state index in [-0.39, 0.29) is 6.67 Å². The fraction of sp³-hybridized carbons (Fsp3) is 0.500. The average molecular weight is 225 g/mol. The van der Waals surface area contributed by atoms with E-state index in [0.29, 0.717) is 12.1 Å². The monoisotopic (exact) mass is 225 g/mol. The number of pyridine rings is 1. The zero-order valence-electron chi connectivity index (χ0n) is 9.41.